The normalized spacial score (nSPS) is 11.0. The minimum absolute atomic E-state index is 0.153. The van der Waals surface area contributed by atoms with Gasteiger partial charge in [-0.25, -0.2) is 0 Å². The molecule has 0 aliphatic heterocycles. The monoisotopic (exact) mass is 250 g/mol. The van der Waals surface area contributed by atoms with Gasteiger partial charge in [0.05, 0.1) is 14.2 Å². The predicted octanol–water partition coefficient (Wildman–Crippen LogP) is 3.02. The summed E-state index contributed by atoms with van der Waals surface area (Å²) >= 11 is 0. The van der Waals surface area contributed by atoms with Gasteiger partial charge in [0.15, 0.2) is 0 Å². The van der Waals surface area contributed by atoms with Crippen molar-refractivity contribution in [2.24, 2.45) is 0 Å². The van der Waals surface area contributed by atoms with Crippen LogP contribution in [0.15, 0.2) is 6.08 Å². The van der Waals surface area contributed by atoms with Crippen molar-refractivity contribution in [3.63, 3.8) is 0 Å². The fourth-order valence-corrected chi connectivity index (χ4v) is 2.16. The highest BCUT2D eigenvalue weighted by molar-refractivity contribution is 5.69. The fraction of sp³-hybridized carbons (Fsp3) is 0.467. The molecule has 0 aliphatic carbocycles. The van der Waals surface area contributed by atoms with Gasteiger partial charge in [0.2, 0.25) is 0 Å². The van der Waals surface area contributed by atoms with E-state index in [2.05, 4.69) is 0 Å². The lowest BCUT2D eigenvalue weighted by Crippen LogP contribution is -2.01. The van der Waals surface area contributed by atoms with Gasteiger partial charge in [0.25, 0.3) is 0 Å². The Hall–Kier alpha value is -1.48. The molecule has 100 valence electrons. The summed E-state index contributed by atoms with van der Waals surface area (Å²) in [4.78, 5) is 0. The Kier molecular flexibility index (Phi) is 5.23. The molecule has 0 bridgehead atoms. The van der Waals surface area contributed by atoms with E-state index in [0.717, 1.165) is 33.8 Å². The van der Waals surface area contributed by atoms with E-state index in [-0.39, 0.29) is 6.61 Å². The van der Waals surface area contributed by atoms with Gasteiger partial charge < -0.3 is 14.6 Å². The van der Waals surface area contributed by atoms with Gasteiger partial charge >= 0.3 is 0 Å². The number of benzene rings is 1. The van der Waals surface area contributed by atoms with Crippen LogP contribution in [0.1, 0.15) is 28.7 Å². The van der Waals surface area contributed by atoms with E-state index >= 15 is 0 Å². The van der Waals surface area contributed by atoms with E-state index in [1.165, 1.54) is 0 Å². The van der Waals surface area contributed by atoms with Gasteiger partial charge in [-0.2, -0.15) is 0 Å². The average Bonchev–Trinajstić information content (AvgIpc) is 2.36. The first-order valence-corrected chi connectivity index (χ1v) is 6.07. The van der Waals surface area contributed by atoms with Crippen molar-refractivity contribution in [2.75, 3.05) is 20.8 Å². The maximum absolute atomic E-state index is 8.83. The molecule has 1 rings (SSSR count). The molecule has 3 heteroatoms. The Morgan fingerprint density at radius 1 is 0.944 bits per heavy atom. The van der Waals surface area contributed by atoms with Crippen molar-refractivity contribution in [3.05, 3.63) is 28.3 Å². The maximum Gasteiger partial charge on any atom is 0.129 e. The number of hydrogen-bond acceptors (Lipinski definition) is 3. The number of hydrogen-bond donors (Lipinski definition) is 1. The molecule has 1 aromatic carbocycles. The molecule has 0 heterocycles. The Morgan fingerprint density at radius 2 is 1.50 bits per heavy atom. The second kappa shape index (κ2) is 6.45. The molecule has 0 unspecified atom stereocenters. The van der Waals surface area contributed by atoms with Gasteiger partial charge in [-0.15, -0.1) is 0 Å². The minimum Gasteiger partial charge on any atom is -0.496 e. The quantitative estimate of drug-likeness (QED) is 0.873. The lowest BCUT2D eigenvalue weighted by atomic mass is 9.97. The van der Waals surface area contributed by atoms with Crippen molar-refractivity contribution >= 4 is 6.08 Å². The van der Waals surface area contributed by atoms with Crippen LogP contribution in [0.3, 0.4) is 0 Å². The summed E-state index contributed by atoms with van der Waals surface area (Å²) in [5, 5.41) is 8.83. The molecule has 0 spiro atoms. The van der Waals surface area contributed by atoms with Gasteiger partial charge in [-0.3, -0.25) is 0 Å². The molecular formula is C15H22O3. The van der Waals surface area contributed by atoms with Crippen LogP contribution in [-0.4, -0.2) is 25.9 Å². The number of ether oxygens (including phenoxy) is 2. The van der Waals surface area contributed by atoms with Gasteiger partial charge in [-0.05, 0) is 38.3 Å². The van der Waals surface area contributed by atoms with Crippen molar-refractivity contribution in [1.29, 1.82) is 0 Å². The van der Waals surface area contributed by atoms with E-state index in [1.807, 2.05) is 32.9 Å². The van der Waals surface area contributed by atoms with Crippen molar-refractivity contribution in [3.8, 4) is 11.5 Å². The Bertz CT molecular complexity index is 448. The predicted molar refractivity (Wildman–Crippen MR) is 74.5 cm³/mol. The Labute approximate surface area is 109 Å². The van der Waals surface area contributed by atoms with Gasteiger partial charge in [0, 0.05) is 17.7 Å². The maximum atomic E-state index is 8.83. The lowest BCUT2D eigenvalue weighted by molar-refractivity contribution is 0.303. The van der Waals surface area contributed by atoms with Crippen LogP contribution < -0.4 is 9.47 Å². The highest BCUT2D eigenvalue weighted by Gasteiger charge is 2.16. The van der Waals surface area contributed by atoms with Crippen LogP contribution >= 0.6 is 0 Å². The molecule has 0 radical (unpaired) electrons. The molecule has 18 heavy (non-hydrogen) atoms. The molecule has 1 N–H and O–H groups in total. The minimum atomic E-state index is 0.153. The zero-order chi connectivity index (χ0) is 13.7. The number of aliphatic hydroxyl groups is 1. The summed E-state index contributed by atoms with van der Waals surface area (Å²) in [6, 6.07) is 0. The number of aliphatic hydroxyl groups excluding tert-OH is 1. The highest BCUT2D eigenvalue weighted by Crippen LogP contribution is 2.38. The Balaban J connectivity index is 3.42. The first-order valence-electron chi connectivity index (χ1n) is 6.07. The van der Waals surface area contributed by atoms with Crippen molar-refractivity contribution in [2.45, 2.75) is 27.2 Å². The third-order valence-corrected chi connectivity index (χ3v) is 3.22. The molecular weight excluding hydrogens is 228 g/mol. The number of methoxy groups -OCH3 is 2. The average molecular weight is 250 g/mol. The van der Waals surface area contributed by atoms with E-state index < -0.39 is 0 Å². The smallest absolute Gasteiger partial charge is 0.129 e. The molecule has 1 aromatic rings. The lowest BCUT2D eigenvalue weighted by Gasteiger charge is -2.18. The van der Waals surface area contributed by atoms with Crippen LogP contribution in [0, 0.1) is 20.8 Å². The van der Waals surface area contributed by atoms with E-state index in [0.29, 0.717) is 6.42 Å². The van der Waals surface area contributed by atoms with Crippen LogP contribution in [0.2, 0.25) is 0 Å². The molecule has 3 nitrogen and oxygen atoms in total. The molecule has 0 saturated heterocycles. The third-order valence-electron chi connectivity index (χ3n) is 3.22. The highest BCUT2D eigenvalue weighted by atomic mass is 16.5. The standard InChI is InChI=1S/C15H22O3/c1-10-11(2)15(18-5)13(8-6-7-9-16)12(3)14(10)17-4/h6,8,16H,7,9H2,1-5H3. The summed E-state index contributed by atoms with van der Waals surface area (Å²) in [7, 11) is 3.36. The summed E-state index contributed by atoms with van der Waals surface area (Å²) in [5.74, 6) is 1.77. The van der Waals surface area contributed by atoms with Crippen molar-refractivity contribution in [1.82, 2.24) is 0 Å². The van der Waals surface area contributed by atoms with E-state index in [4.69, 9.17) is 14.6 Å². The summed E-state index contributed by atoms with van der Waals surface area (Å²) in [5.41, 5.74) is 4.27. The fourth-order valence-electron chi connectivity index (χ4n) is 2.16. The van der Waals surface area contributed by atoms with Crippen LogP contribution in [0.5, 0.6) is 11.5 Å². The zero-order valence-electron chi connectivity index (χ0n) is 11.8. The third kappa shape index (κ3) is 2.67. The summed E-state index contributed by atoms with van der Waals surface area (Å²) in [6.07, 6.45) is 4.57. The largest absolute Gasteiger partial charge is 0.496 e. The first kappa shape index (κ1) is 14.6. The van der Waals surface area contributed by atoms with Crippen LogP contribution in [0.25, 0.3) is 6.08 Å². The second-order valence-corrected chi connectivity index (χ2v) is 4.27. The number of rotatable bonds is 5. The molecule has 0 aliphatic rings. The van der Waals surface area contributed by atoms with Crippen LogP contribution in [-0.2, 0) is 0 Å². The van der Waals surface area contributed by atoms with Crippen molar-refractivity contribution < 1.29 is 14.6 Å². The first-order chi connectivity index (χ1) is 8.58. The van der Waals surface area contributed by atoms with E-state index in [9.17, 15) is 0 Å². The van der Waals surface area contributed by atoms with Crippen LogP contribution in [0.4, 0.5) is 0 Å². The molecule has 0 atom stereocenters. The molecule has 0 saturated carbocycles. The zero-order valence-corrected chi connectivity index (χ0v) is 11.8. The van der Waals surface area contributed by atoms with Gasteiger partial charge in [-0.1, -0.05) is 12.2 Å². The SMILES string of the molecule is COc1c(C)c(C)c(OC)c(C=CCCO)c1C. The summed E-state index contributed by atoms with van der Waals surface area (Å²) in [6.45, 7) is 6.23. The topological polar surface area (TPSA) is 38.7 Å². The molecule has 0 amide bonds. The summed E-state index contributed by atoms with van der Waals surface area (Å²) < 4.78 is 11.0. The molecule has 0 aromatic heterocycles. The second-order valence-electron chi connectivity index (χ2n) is 4.27. The van der Waals surface area contributed by atoms with E-state index in [1.54, 1.807) is 14.2 Å². The Morgan fingerprint density at radius 3 is 2.00 bits per heavy atom. The van der Waals surface area contributed by atoms with Gasteiger partial charge in [0.1, 0.15) is 11.5 Å². The molecule has 0 fully saturated rings.